The van der Waals surface area contributed by atoms with E-state index in [4.69, 9.17) is 0 Å². The number of fused-ring (bicyclic) bond motifs is 1. The second-order valence-corrected chi connectivity index (χ2v) is 6.84. The lowest BCUT2D eigenvalue weighted by Crippen LogP contribution is -2.29. The first-order valence-electron chi connectivity index (χ1n) is 4.75. The molecule has 2 nitrogen and oxygen atoms in total. The lowest BCUT2D eigenvalue weighted by molar-refractivity contribution is 0.576. The van der Waals surface area contributed by atoms with E-state index < -0.39 is 0 Å². The molecule has 2 aromatic heterocycles. The summed E-state index contributed by atoms with van der Waals surface area (Å²) in [4.78, 5) is 5.87. The SMILES string of the molecule is Brc1cnc(C2NCCc3ccsc32)s1. The van der Waals surface area contributed by atoms with Gasteiger partial charge in [-0.3, -0.25) is 0 Å². The number of halogens is 1. The van der Waals surface area contributed by atoms with Crippen molar-refractivity contribution in [3.05, 3.63) is 36.9 Å². The zero-order valence-corrected chi connectivity index (χ0v) is 11.1. The Morgan fingerprint density at radius 1 is 1.53 bits per heavy atom. The van der Waals surface area contributed by atoms with Crippen molar-refractivity contribution in [3.8, 4) is 0 Å². The van der Waals surface area contributed by atoms with Gasteiger partial charge in [-0.25, -0.2) is 4.98 Å². The minimum absolute atomic E-state index is 0.310. The number of nitrogens with one attached hydrogen (secondary N) is 1. The Morgan fingerprint density at radius 3 is 3.27 bits per heavy atom. The summed E-state index contributed by atoms with van der Waals surface area (Å²) in [5, 5.41) is 6.86. The molecule has 0 saturated heterocycles. The molecule has 0 saturated carbocycles. The lowest BCUT2D eigenvalue weighted by Gasteiger charge is -2.21. The summed E-state index contributed by atoms with van der Waals surface area (Å²) < 4.78 is 1.10. The van der Waals surface area contributed by atoms with Crippen LogP contribution in [0.5, 0.6) is 0 Å². The molecule has 1 aliphatic heterocycles. The molecule has 0 aromatic carbocycles. The van der Waals surface area contributed by atoms with Crippen LogP contribution >= 0.6 is 38.6 Å². The topological polar surface area (TPSA) is 24.9 Å². The number of hydrogen-bond donors (Lipinski definition) is 1. The van der Waals surface area contributed by atoms with E-state index in [0.29, 0.717) is 6.04 Å². The van der Waals surface area contributed by atoms with Gasteiger partial charge in [-0.1, -0.05) is 0 Å². The molecule has 1 atom stereocenters. The molecule has 2 aromatic rings. The summed E-state index contributed by atoms with van der Waals surface area (Å²) in [7, 11) is 0. The molecular weight excluding hydrogens is 292 g/mol. The van der Waals surface area contributed by atoms with Crippen molar-refractivity contribution < 1.29 is 0 Å². The van der Waals surface area contributed by atoms with E-state index in [9.17, 15) is 0 Å². The summed E-state index contributed by atoms with van der Waals surface area (Å²) in [6, 6.07) is 2.54. The molecule has 3 rings (SSSR count). The third kappa shape index (κ3) is 1.78. The summed E-state index contributed by atoms with van der Waals surface area (Å²) in [6.45, 7) is 1.05. The quantitative estimate of drug-likeness (QED) is 0.875. The van der Waals surface area contributed by atoms with Crippen molar-refractivity contribution in [3.63, 3.8) is 0 Å². The molecule has 1 N–H and O–H groups in total. The molecule has 0 radical (unpaired) electrons. The minimum Gasteiger partial charge on any atom is -0.303 e. The van der Waals surface area contributed by atoms with Gasteiger partial charge in [0, 0.05) is 11.4 Å². The van der Waals surface area contributed by atoms with Crippen LogP contribution in [0, 0.1) is 0 Å². The maximum absolute atomic E-state index is 4.43. The zero-order chi connectivity index (χ0) is 10.3. The second kappa shape index (κ2) is 3.97. The van der Waals surface area contributed by atoms with E-state index in [1.54, 1.807) is 11.3 Å². The molecule has 1 unspecified atom stereocenters. The van der Waals surface area contributed by atoms with Gasteiger partial charge in [0.1, 0.15) is 5.01 Å². The average Bonchev–Trinajstić information content (AvgIpc) is 2.84. The van der Waals surface area contributed by atoms with Crippen LogP contribution in [0.15, 0.2) is 21.4 Å². The van der Waals surface area contributed by atoms with Crippen LogP contribution in [0.25, 0.3) is 0 Å². The van der Waals surface area contributed by atoms with E-state index >= 15 is 0 Å². The van der Waals surface area contributed by atoms with Crippen molar-refractivity contribution in [2.24, 2.45) is 0 Å². The number of hydrogen-bond acceptors (Lipinski definition) is 4. The standard InChI is InChI=1S/C10H9BrN2S2/c11-7-5-13-10(15-7)8-9-6(1-3-12-8)2-4-14-9/h2,4-5,8,12H,1,3H2. The summed E-state index contributed by atoms with van der Waals surface area (Å²) in [5.74, 6) is 0. The molecule has 78 valence electrons. The van der Waals surface area contributed by atoms with E-state index in [1.807, 2.05) is 17.5 Å². The Kier molecular flexibility index (Phi) is 2.64. The number of rotatable bonds is 1. The van der Waals surface area contributed by atoms with Gasteiger partial charge >= 0.3 is 0 Å². The first-order chi connectivity index (χ1) is 7.34. The molecule has 0 aliphatic carbocycles. The van der Waals surface area contributed by atoms with Gasteiger partial charge in [-0.15, -0.1) is 22.7 Å². The van der Waals surface area contributed by atoms with Crippen LogP contribution in [-0.2, 0) is 6.42 Å². The van der Waals surface area contributed by atoms with Gasteiger partial charge in [-0.05, 0) is 39.4 Å². The number of thiazole rings is 1. The number of thiophene rings is 1. The highest BCUT2D eigenvalue weighted by atomic mass is 79.9. The predicted octanol–water partition coefficient (Wildman–Crippen LogP) is 3.20. The van der Waals surface area contributed by atoms with Crippen LogP contribution in [0.3, 0.4) is 0 Å². The first-order valence-corrected chi connectivity index (χ1v) is 7.24. The maximum atomic E-state index is 4.43. The normalized spacial score (nSPS) is 20.2. The smallest absolute Gasteiger partial charge is 0.116 e. The first kappa shape index (κ1) is 9.96. The molecule has 0 amide bonds. The number of nitrogens with zero attached hydrogens (tertiary/aromatic N) is 1. The second-order valence-electron chi connectivity index (χ2n) is 3.45. The Bertz CT molecular complexity index is 477. The van der Waals surface area contributed by atoms with Crippen molar-refractivity contribution >= 4 is 38.6 Å². The Hall–Kier alpha value is -0.230. The number of aromatic nitrogens is 1. The third-order valence-corrected chi connectivity index (χ3v) is 5.09. The Morgan fingerprint density at radius 2 is 2.47 bits per heavy atom. The fourth-order valence-electron chi connectivity index (χ4n) is 1.85. The molecule has 0 spiro atoms. The van der Waals surface area contributed by atoms with Gasteiger partial charge in [0.2, 0.25) is 0 Å². The van der Waals surface area contributed by atoms with Crippen molar-refractivity contribution in [1.29, 1.82) is 0 Å². The monoisotopic (exact) mass is 300 g/mol. The van der Waals surface area contributed by atoms with E-state index in [2.05, 4.69) is 37.7 Å². The molecular formula is C10H9BrN2S2. The molecule has 0 fully saturated rings. The molecule has 0 bridgehead atoms. The summed E-state index contributed by atoms with van der Waals surface area (Å²) in [6.07, 6.45) is 3.02. The highest BCUT2D eigenvalue weighted by Gasteiger charge is 2.24. The predicted molar refractivity (Wildman–Crippen MR) is 67.7 cm³/mol. The highest BCUT2D eigenvalue weighted by Crippen LogP contribution is 2.35. The van der Waals surface area contributed by atoms with Crippen molar-refractivity contribution in [1.82, 2.24) is 10.3 Å². The highest BCUT2D eigenvalue weighted by molar-refractivity contribution is 9.11. The van der Waals surface area contributed by atoms with Gasteiger partial charge in [0.25, 0.3) is 0 Å². The van der Waals surface area contributed by atoms with Gasteiger partial charge in [0.15, 0.2) is 0 Å². The van der Waals surface area contributed by atoms with Gasteiger partial charge in [0.05, 0.1) is 16.0 Å². The Labute approximate surface area is 104 Å². The Balaban J connectivity index is 2.02. The largest absolute Gasteiger partial charge is 0.303 e. The van der Waals surface area contributed by atoms with Crippen LogP contribution in [0.2, 0.25) is 0 Å². The van der Waals surface area contributed by atoms with E-state index in [1.165, 1.54) is 10.4 Å². The third-order valence-electron chi connectivity index (χ3n) is 2.53. The van der Waals surface area contributed by atoms with Crippen molar-refractivity contribution in [2.45, 2.75) is 12.5 Å². The molecule has 3 heterocycles. The van der Waals surface area contributed by atoms with E-state index in [-0.39, 0.29) is 0 Å². The maximum Gasteiger partial charge on any atom is 0.116 e. The molecule has 15 heavy (non-hydrogen) atoms. The average molecular weight is 301 g/mol. The van der Waals surface area contributed by atoms with Crippen LogP contribution in [0.1, 0.15) is 21.5 Å². The fraction of sp³-hybridized carbons (Fsp3) is 0.300. The summed E-state index contributed by atoms with van der Waals surface area (Å²) in [5.41, 5.74) is 1.48. The lowest BCUT2D eigenvalue weighted by atomic mass is 10.0. The van der Waals surface area contributed by atoms with Crippen LogP contribution < -0.4 is 5.32 Å². The van der Waals surface area contributed by atoms with Gasteiger partial charge in [-0.2, -0.15) is 0 Å². The van der Waals surface area contributed by atoms with Crippen LogP contribution in [-0.4, -0.2) is 11.5 Å². The fourth-order valence-corrected chi connectivity index (χ4v) is 4.29. The van der Waals surface area contributed by atoms with E-state index in [0.717, 1.165) is 21.8 Å². The summed E-state index contributed by atoms with van der Waals surface area (Å²) >= 11 is 7.00. The minimum atomic E-state index is 0.310. The molecule has 5 heteroatoms. The van der Waals surface area contributed by atoms with Crippen LogP contribution in [0.4, 0.5) is 0 Å². The zero-order valence-electron chi connectivity index (χ0n) is 7.87. The van der Waals surface area contributed by atoms with Crippen molar-refractivity contribution in [2.75, 3.05) is 6.54 Å². The van der Waals surface area contributed by atoms with Gasteiger partial charge < -0.3 is 5.32 Å². The molecule has 1 aliphatic rings.